The average Bonchev–Trinajstić information content (AvgIpc) is 2.49. The Kier molecular flexibility index (Phi) is 1.67. The van der Waals surface area contributed by atoms with Gasteiger partial charge in [0.25, 0.3) is 0 Å². The summed E-state index contributed by atoms with van der Waals surface area (Å²) in [7, 11) is 0. The van der Waals surface area contributed by atoms with Crippen LogP contribution in [0.4, 0.5) is 0 Å². The molecular weight excluding hydrogens is 154 g/mol. The van der Waals surface area contributed by atoms with Gasteiger partial charge < -0.3 is 0 Å². The van der Waals surface area contributed by atoms with Crippen LogP contribution in [0.5, 0.6) is 0 Å². The molecule has 0 bridgehead atoms. The molecule has 1 aliphatic heterocycles. The van der Waals surface area contributed by atoms with E-state index in [1.165, 1.54) is 0 Å². The van der Waals surface area contributed by atoms with E-state index in [0.29, 0.717) is 0 Å². The molecule has 4 heteroatoms. The monoisotopic (exact) mass is 165 g/mol. The average molecular weight is 165 g/mol. The van der Waals surface area contributed by atoms with E-state index in [9.17, 15) is 4.79 Å². The number of carbonyl (C=O) groups is 1. The first-order valence-electron chi connectivity index (χ1n) is 4.18. The van der Waals surface area contributed by atoms with E-state index in [0.717, 1.165) is 25.1 Å². The lowest BCUT2D eigenvalue weighted by Gasteiger charge is -2.19. The van der Waals surface area contributed by atoms with Crippen LogP contribution in [0, 0.1) is 0 Å². The predicted octanol–water partition coefficient (Wildman–Crippen LogP) is 0.744. The zero-order valence-electron chi connectivity index (χ0n) is 7.03. The van der Waals surface area contributed by atoms with Gasteiger partial charge in [-0.05, 0) is 19.8 Å². The van der Waals surface area contributed by atoms with E-state index in [1.807, 2.05) is 4.68 Å². The van der Waals surface area contributed by atoms with Crippen LogP contribution in [0.1, 0.15) is 31.4 Å². The van der Waals surface area contributed by atoms with Crippen molar-refractivity contribution >= 4 is 5.78 Å². The number of aryl methyl sites for hydroxylation is 1. The van der Waals surface area contributed by atoms with E-state index >= 15 is 0 Å². The van der Waals surface area contributed by atoms with Crippen molar-refractivity contribution in [2.24, 2.45) is 0 Å². The minimum Gasteiger partial charge on any atom is -0.299 e. The van der Waals surface area contributed by atoms with Gasteiger partial charge in [-0.2, -0.15) is 0 Å². The highest BCUT2D eigenvalue weighted by atomic mass is 16.1. The third-order valence-corrected chi connectivity index (χ3v) is 2.36. The van der Waals surface area contributed by atoms with Crippen molar-refractivity contribution < 1.29 is 4.79 Å². The molecule has 0 radical (unpaired) electrons. The van der Waals surface area contributed by atoms with Crippen molar-refractivity contribution in [3.63, 3.8) is 0 Å². The third kappa shape index (κ3) is 1.03. The summed E-state index contributed by atoms with van der Waals surface area (Å²) in [4.78, 5) is 11.2. The first-order valence-corrected chi connectivity index (χ1v) is 4.18. The van der Waals surface area contributed by atoms with Crippen molar-refractivity contribution in [1.29, 1.82) is 0 Å². The van der Waals surface area contributed by atoms with Gasteiger partial charge in [0.05, 0.1) is 17.8 Å². The maximum Gasteiger partial charge on any atom is 0.138 e. The van der Waals surface area contributed by atoms with Crippen LogP contribution in [0.25, 0.3) is 0 Å². The SMILES string of the molecule is CC(=O)C1CCCn2nncc21. The van der Waals surface area contributed by atoms with Crippen LogP contribution in [-0.4, -0.2) is 20.8 Å². The fourth-order valence-corrected chi connectivity index (χ4v) is 1.71. The molecule has 4 nitrogen and oxygen atoms in total. The summed E-state index contributed by atoms with van der Waals surface area (Å²) in [6.45, 7) is 2.53. The van der Waals surface area contributed by atoms with Crippen molar-refractivity contribution in [2.75, 3.05) is 0 Å². The lowest BCUT2D eigenvalue weighted by atomic mass is 9.93. The van der Waals surface area contributed by atoms with Gasteiger partial charge in [-0.1, -0.05) is 5.21 Å². The summed E-state index contributed by atoms with van der Waals surface area (Å²) in [5.74, 6) is 0.256. The Labute approximate surface area is 70.6 Å². The summed E-state index contributed by atoms with van der Waals surface area (Å²) in [6.07, 6.45) is 3.68. The third-order valence-electron chi connectivity index (χ3n) is 2.36. The molecule has 0 aromatic carbocycles. The zero-order valence-corrected chi connectivity index (χ0v) is 7.03. The molecule has 0 amide bonds. The van der Waals surface area contributed by atoms with Crippen molar-refractivity contribution in [2.45, 2.75) is 32.2 Å². The Hall–Kier alpha value is -1.19. The molecule has 1 aliphatic rings. The van der Waals surface area contributed by atoms with Crippen molar-refractivity contribution in [1.82, 2.24) is 15.0 Å². The molecule has 1 aromatic heterocycles. The maximum absolute atomic E-state index is 11.2. The predicted molar refractivity (Wildman–Crippen MR) is 42.7 cm³/mol. The molecule has 2 heterocycles. The van der Waals surface area contributed by atoms with Crippen molar-refractivity contribution in [3.8, 4) is 0 Å². The summed E-state index contributed by atoms with van der Waals surface area (Å²) < 4.78 is 1.83. The second-order valence-corrected chi connectivity index (χ2v) is 3.19. The number of hydrogen-bond donors (Lipinski definition) is 0. The lowest BCUT2D eigenvalue weighted by molar-refractivity contribution is -0.118. The van der Waals surface area contributed by atoms with Gasteiger partial charge in [-0.15, -0.1) is 5.10 Å². The van der Waals surface area contributed by atoms with Crippen LogP contribution in [0.15, 0.2) is 6.20 Å². The standard InChI is InChI=1S/C8H11N3O/c1-6(12)7-3-2-4-11-8(7)5-9-10-11/h5,7H,2-4H2,1H3. The maximum atomic E-state index is 11.2. The Morgan fingerprint density at radius 3 is 3.33 bits per heavy atom. The van der Waals surface area contributed by atoms with Gasteiger partial charge in [0.2, 0.25) is 0 Å². The highest BCUT2D eigenvalue weighted by Gasteiger charge is 2.24. The van der Waals surface area contributed by atoms with Gasteiger partial charge in [0, 0.05) is 6.54 Å². The zero-order chi connectivity index (χ0) is 8.55. The summed E-state index contributed by atoms with van der Waals surface area (Å²) >= 11 is 0. The van der Waals surface area contributed by atoms with Gasteiger partial charge in [0.15, 0.2) is 0 Å². The van der Waals surface area contributed by atoms with Crippen LogP contribution in [0.3, 0.4) is 0 Å². The molecule has 1 atom stereocenters. The molecule has 1 aromatic rings. The molecule has 0 spiro atoms. The number of nitrogens with zero attached hydrogens (tertiary/aromatic N) is 3. The first-order chi connectivity index (χ1) is 5.79. The van der Waals surface area contributed by atoms with Gasteiger partial charge in [0.1, 0.15) is 5.78 Å². The fourth-order valence-electron chi connectivity index (χ4n) is 1.71. The molecule has 12 heavy (non-hydrogen) atoms. The van der Waals surface area contributed by atoms with Gasteiger partial charge >= 0.3 is 0 Å². The first kappa shape index (κ1) is 7.46. The Bertz CT molecular complexity index is 305. The van der Waals surface area contributed by atoms with E-state index in [2.05, 4.69) is 10.3 Å². The highest BCUT2D eigenvalue weighted by Crippen LogP contribution is 2.26. The minimum absolute atomic E-state index is 0.0359. The molecule has 0 fully saturated rings. The van der Waals surface area contributed by atoms with Crippen LogP contribution in [0.2, 0.25) is 0 Å². The summed E-state index contributed by atoms with van der Waals surface area (Å²) in [5.41, 5.74) is 0.980. The fraction of sp³-hybridized carbons (Fsp3) is 0.625. The molecule has 0 saturated heterocycles. The van der Waals surface area contributed by atoms with E-state index in [1.54, 1.807) is 13.1 Å². The van der Waals surface area contributed by atoms with E-state index in [4.69, 9.17) is 0 Å². The molecule has 1 unspecified atom stereocenters. The number of ketones is 1. The number of hydrogen-bond acceptors (Lipinski definition) is 3. The Morgan fingerprint density at radius 1 is 1.75 bits per heavy atom. The quantitative estimate of drug-likeness (QED) is 0.616. The normalized spacial score (nSPS) is 21.9. The molecule has 0 N–H and O–H groups in total. The van der Waals surface area contributed by atoms with E-state index < -0.39 is 0 Å². The lowest BCUT2D eigenvalue weighted by Crippen LogP contribution is -2.20. The van der Waals surface area contributed by atoms with Crippen LogP contribution < -0.4 is 0 Å². The molecule has 0 aliphatic carbocycles. The molecule has 64 valence electrons. The summed E-state index contributed by atoms with van der Waals surface area (Å²) in [6, 6.07) is 0. The van der Waals surface area contributed by atoms with E-state index in [-0.39, 0.29) is 11.7 Å². The Morgan fingerprint density at radius 2 is 2.58 bits per heavy atom. The van der Waals surface area contributed by atoms with Crippen LogP contribution >= 0.6 is 0 Å². The van der Waals surface area contributed by atoms with Crippen LogP contribution in [-0.2, 0) is 11.3 Å². The molecular formula is C8H11N3O. The second-order valence-electron chi connectivity index (χ2n) is 3.19. The number of carbonyl (C=O) groups excluding carboxylic acids is 1. The number of rotatable bonds is 1. The van der Waals surface area contributed by atoms with Crippen molar-refractivity contribution in [3.05, 3.63) is 11.9 Å². The number of aromatic nitrogens is 3. The molecule has 2 rings (SSSR count). The number of Topliss-reactive ketones (excluding diaryl/α,β-unsaturated/α-hetero) is 1. The minimum atomic E-state index is 0.0359. The van der Waals surface area contributed by atoms with Gasteiger partial charge in [-0.25, -0.2) is 4.68 Å². The summed E-state index contributed by atoms with van der Waals surface area (Å²) in [5, 5.41) is 7.70. The van der Waals surface area contributed by atoms with Gasteiger partial charge in [-0.3, -0.25) is 4.79 Å². The Balaban J connectivity index is 2.37. The smallest absolute Gasteiger partial charge is 0.138 e. The largest absolute Gasteiger partial charge is 0.299 e. The topological polar surface area (TPSA) is 47.8 Å². The second kappa shape index (κ2) is 2.69. The number of fused-ring (bicyclic) bond motifs is 1. The highest BCUT2D eigenvalue weighted by molar-refractivity contribution is 5.82. The molecule has 0 saturated carbocycles.